The van der Waals surface area contributed by atoms with Gasteiger partial charge in [0.2, 0.25) is 0 Å². The first kappa shape index (κ1) is 14.9. The van der Waals surface area contributed by atoms with Crippen molar-refractivity contribution in [2.24, 2.45) is 0 Å². The number of aromatic carboxylic acids is 1. The Morgan fingerprint density at radius 1 is 1.10 bits per heavy atom. The van der Waals surface area contributed by atoms with Gasteiger partial charge in [0.1, 0.15) is 0 Å². The molecular formula is C14H14N2O4S. The Balaban J connectivity index is 2.26. The van der Waals surface area contributed by atoms with E-state index in [9.17, 15) is 13.2 Å². The Morgan fingerprint density at radius 2 is 1.67 bits per heavy atom. The Kier molecular flexibility index (Phi) is 3.86. The summed E-state index contributed by atoms with van der Waals surface area (Å²) < 4.78 is 22.7. The quantitative estimate of drug-likeness (QED) is 0.746. The first-order valence-corrected chi connectivity index (χ1v) is 7.86. The van der Waals surface area contributed by atoms with E-state index in [1.54, 1.807) is 18.2 Å². The SMILES string of the molecule is CS(=O)(=O)c1ccc(Nc2ccc(N)c(C(=O)O)c2)cc1. The Hall–Kier alpha value is -2.54. The molecule has 0 fully saturated rings. The fourth-order valence-electron chi connectivity index (χ4n) is 1.77. The minimum absolute atomic E-state index is 0.00718. The lowest BCUT2D eigenvalue weighted by Crippen LogP contribution is -2.03. The second-order valence-electron chi connectivity index (χ2n) is 4.53. The van der Waals surface area contributed by atoms with Crippen molar-refractivity contribution in [2.45, 2.75) is 4.90 Å². The number of sulfone groups is 1. The van der Waals surface area contributed by atoms with Crippen molar-refractivity contribution in [3.05, 3.63) is 48.0 Å². The van der Waals surface area contributed by atoms with Crippen molar-refractivity contribution in [1.29, 1.82) is 0 Å². The van der Waals surface area contributed by atoms with Crippen molar-refractivity contribution in [3.8, 4) is 0 Å². The van der Waals surface area contributed by atoms with Gasteiger partial charge in [0.15, 0.2) is 9.84 Å². The second kappa shape index (κ2) is 5.45. The summed E-state index contributed by atoms with van der Waals surface area (Å²) in [6.07, 6.45) is 1.13. The third kappa shape index (κ3) is 3.51. The number of nitrogens with one attached hydrogen (secondary N) is 1. The predicted octanol–water partition coefficient (Wildman–Crippen LogP) is 2.11. The normalized spacial score (nSPS) is 11.1. The van der Waals surface area contributed by atoms with Crippen molar-refractivity contribution >= 4 is 32.9 Å². The molecule has 0 radical (unpaired) electrons. The van der Waals surface area contributed by atoms with Crippen LogP contribution in [0.2, 0.25) is 0 Å². The van der Waals surface area contributed by atoms with E-state index in [1.807, 2.05) is 0 Å². The highest BCUT2D eigenvalue weighted by atomic mass is 32.2. The van der Waals surface area contributed by atoms with Crippen LogP contribution in [0.25, 0.3) is 0 Å². The summed E-state index contributed by atoms with van der Waals surface area (Å²) in [5, 5.41) is 12.0. The van der Waals surface area contributed by atoms with Crippen molar-refractivity contribution in [2.75, 3.05) is 17.3 Å². The first-order valence-electron chi connectivity index (χ1n) is 5.97. The van der Waals surface area contributed by atoms with Gasteiger partial charge in [-0.1, -0.05) is 0 Å². The molecule has 0 aliphatic heterocycles. The molecule has 2 rings (SSSR count). The molecule has 0 aromatic heterocycles. The molecule has 0 atom stereocenters. The number of carboxylic acids is 1. The lowest BCUT2D eigenvalue weighted by molar-refractivity contribution is 0.0698. The van der Waals surface area contributed by atoms with Gasteiger partial charge in [-0.25, -0.2) is 13.2 Å². The first-order chi connectivity index (χ1) is 9.77. The summed E-state index contributed by atoms with van der Waals surface area (Å²) >= 11 is 0. The van der Waals surface area contributed by atoms with Gasteiger partial charge in [-0.05, 0) is 42.5 Å². The number of benzene rings is 2. The molecule has 0 unspecified atom stereocenters. The molecule has 0 bridgehead atoms. The zero-order valence-corrected chi connectivity index (χ0v) is 12.0. The van der Waals surface area contributed by atoms with E-state index in [2.05, 4.69) is 5.32 Å². The van der Waals surface area contributed by atoms with Crippen molar-refractivity contribution < 1.29 is 18.3 Å². The van der Waals surface area contributed by atoms with Gasteiger partial charge < -0.3 is 16.2 Å². The van der Waals surface area contributed by atoms with Crippen LogP contribution < -0.4 is 11.1 Å². The molecule has 2 aromatic rings. The summed E-state index contributed by atoms with van der Waals surface area (Å²) in [7, 11) is -3.24. The molecule has 0 amide bonds. The lowest BCUT2D eigenvalue weighted by Gasteiger charge is -2.09. The lowest BCUT2D eigenvalue weighted by atomic mass is 10.1. The molecule has 0 spiro atoms. The van der Waals surface area contributed by atoms with Crippen molar-refractivity contribution in [1.82, 2.24) is 0 Å². The minimum Gasteiger partial charge on any atom is -0.478 e. The van der Waals surface area contributed by atoms with E-state index in [1.165, 1.54) is 24.3 Å². The highest BCUT2D eigenvalue weighted by Crippen LogP contribution is 2.22. The van der Waals surface area contributed by atoms with Gasteiger partial charge in [-0.15, -0.1) is 0 Å². The monoisotopic (exact) mass is 306 g/mol. The van der Waals surface area contributed by atoms with E-state index in [4.69, 9.17) is 10.8 Å². The average Bonchev–Trinajstić information content (AvgIpc) is 2.40. The van der Waals surface area contributed by atoms with E-state index < -0.39 is 15.8 Å². The van der Waals surface area contributed by atoms with Crippen LogP contribution in [0, 0.1) is 0 Å². The van der Waals surface area contributed by atoms with Crippen LogP contribution in [0.4, 0.5) is 17.1 Å². The highest BCUT2D eigenvalue weighted by Gasteiger charge is 2.09. The van der Waals surface area contributed by atoms with Gasteiger partial charge in [0, 0.05) is 23.3 Å². The van der Waals surface area contributed by atoms with Gasteiger partial charge >= 0.3 is 5.97 Å². The zero-order valence-electron chi connectivity index (χ0n) is 11.2. The fraction of sp³-hybridized carbons (Fsp3) is 0.0714. The number of carboxylic acid groups (broad SMARTS) is 1. The third-order valence-electron chi connectivity index (χ3n) is 2.85. The fourth-order valence-corrected chi connectivity index (χ4v) is 2.40. The van der Waals surface area contributed by atoms with E-state index in [0.29, 0.717) is 11.4 Å². The number of nitrogen functional groups attached to an aromatic ring is 1. The maximum absolute atomic E-state index is 11.4. The number of anilines is 3. The summed E-state index contributed by atoms with van der Waals surface area (Å²) in [6.45, 7) is 0. The third-order valence-corrected chi connectivity index (χ3v) is 3.98. The molecule has 0 heterocycles. The Labute approximate surface area is 122 Å². The second-order valence-corrected chi connectivity index (χ2v) is 6.54. The van der Waals surface area contributed by atoms with Gasteiger partial charge in [-0.3, -0.25) is 0 Å². The van der Waals surface area contributed by atoms with Crippen LogP contribution in [0.5, 0.6) is 0 Å². The Bertz CT molecular complexity index is 783. The predicted molar refractivity (Wildman–Crippen MR) is 80.6 cm³/mol. The van der Waals surface area contributed by atoms with Gasteiger partial charge in [0.05, 0.1) is 10.5 Å². The van der Waals surface area contributed by atoms with Gasteiger partial charge in [0.25, 0.3) is 0 Å². The summed E-state index contributed by atoms with van der Waals surface area (Å²) in [4.78, 5) is 11.2. The molecule has 0 saturated heterocycles. The Morgan fingerprint density at radius 3 is 2.19 bits per heavy atom. The molecule has 4 N–H and O–H groups in total. The van der Waals surface area contributed by atoms with Crippen LogP contribution in [0.15, 0.2) is 47.4 Å². The number of hydrogen-bond acceptors (Lipinski definition) is 5. The average molecular weight is 306 g/mol. The van der Waals surface area contributed by atoms with Gasteiger partial charge in [-0.2, -0.15) is 0 Å². The standard InChI is InChI=1S/C14H14N2O4S/c1-21(19,20)11-5-2-9(3-6-11)16-10-4-7-13(15)12(8-10)14(17)18/h2-8,16H,15H2,1H3,(H,17,18). The molecular weight excluding hydrogens is 292 g/mol. The molecule has 6 nitrogen and oxygen atoms in total. The minimum atomic E-state index is -3.24. The smallest absolute Gasteiger partial charge is 0.337 e. The van der Waals surface area contributed by atoms with Crippen LogP contribution >= 0.6 is 0 Å². The number of nitrogens with two attached hydrogens (primary N) is 1. The topological polar surface area (TPSA) is 109 Å². The van der Waals surface area contributed by atoms with Crippen molar-refractivity contribution in [3.63, 3.8) is 0 Å². The van der Waals surface area contributed by atoms with Crippen LogP contribution in [0.3, 0.4) is 0 Å². The van der Waals surface area contributed by atoms with Crippen LogP contribution in [0.1, 0.15) is 10.4 Å². The van der Waals surface area contributed by atoms with E-state index in [-0.39, 0.29) is 16.1 Å². The molecule has 110 valence electrons. The summed E-state index contributed by atoms with van der Waals surface area (Å²) in [6, 6.07) is 10.7. The molecule has 7 heteroatoms. The molecule has 0 saturated carbocycles. The summed E-state index contributed by atoms with van der Waals surface area (Å²) in [5.74, 6) is -1.11. The molecule has 2 aromatic carbocycles. The number of rotatable bonds is 4. The number of carbonyl (C=O) groups is 1. The molecule has 0 aliphatic carbocycles. The van der Waals surface area contributed by atoms with Crippen LogP contribution in [-0.4, -0.2) is 25.7 Å². The summed E-state index contributed by atoms with van der Waals surface area (Å²) in [5.41, 5.74) is 6.96. The largest absolute Gasteiger partial charge is 0.478 e. The van der Waals surface area contributed by atoms with E-state index >= 15 is 0 Å². The van der Waals surface area contributed by atoms with E-state index in [0.717, 1.165) is 6.26 Å². The maximum Gasteiger partial charge on any atom is 0.337 e. The highest BCUT2D eigenvalue weighted by molar-refractivity contribution is 7.90. The number of hydrogen-bond donors (Lipinski definition) is 3. The molecule has 21 heavy (non-hydrogen) atoms. The zero-order chi connectivity index (χ0) is 15.6. The van der Waals surface area contributed by atoms with Crippen LogP contribution in [-0.2, 0) is 9.84 Å². The molecule has 0 aliphatic rings. The maximum atomic E-state index is 11.4.